The van der Waals surface area contributed by atoms with Crippen molar-refractivity contribution in [1.29, 1.82) is 0 Å². The fraction of sp³-hybridized carbons (Fsp3) is 0.148. The van der Waals surface area contributed by atoms with E-state index < -0.39 is 5.97 Å². The molecule has 0 atom stereocenters. The van der Waals surface area contributed by atoms with Crippen LogP contribution in [-0.4, -0.2) is 31.7 Å². The molecule has 34 heavy (non-hydrogen) atoms. The monoisotopic (exact) mass is 457 g/mol. The summed E-state index contributed by atoms with van der Waals surface area (Å²) in [4.78, 5) is 25.7. The van der Waals surface area contributed by atoms with Gasteiger partial charge in [-0.2, -0.15) is 5.10 Å². The van der Waals surface area contributed by atoms with Gasteiger partial charge in [0.1, 0.15) is 5.82 Å². The smallest absolute Gasteiger partial charge is 0.303 e. The van der Waals surface area contributed by atoms with Crippen molar-refractivity contribution in [3.63, 3.8) is 0 Å². The molecule has 172 valence electrons. The number of rotatable bonds is 9. The third kappa shape index (κ3) is 5.75. The lowest BCUT2D eigenvalue weighted by molar-refractivity contribution is -0.141. The third-order valence-corrected chi connectivity index (χ3v) is 5.41. The normalized spacial score (nSPS) is 10.7. The minimum Gasteiger partial charge on any atom is -0.481 e. The highest BCUT2D eigenvalue weighted by Crippen LogP contribution is 2.26. The van der Waals surface area contributed by atoms with Crippen molar-refractivity contribution in [1.82, 2.24) is 14.7 Å². The van der Waals surface area contributed by atoms with E-state index in [0.29, 0.717) is 12.2 Å². The summed E-state index contributed by atoms with van der Waals surface area (Å²) in [5, 5.41) is 13.8. The molecule has 1 heterocycles. The van der Waals surface area contributed by atoms with Crippen molar-refractivity contribution < 1.29 is 19.1 Å². The van der Waals surface area contributed by atoms with E-state index in [1.54, 1.807) is 21.7 Å². The Bertz CT molecular complexity index is 1260. The van der Waals surface area contributed by atoms with Gasteiger partial charge in [0.15, 0.2) is 0 Å². The van der Waals surface area contributed by atoms with Crippen molar-refractivity contribution in [2.75, 3.05) is 0 Å². The highest BCUT2D eigenvalue weighted by atomic mass is 19.1. The van der Waals surface area contributed by atoms with Gasteiger partial charge in [-0.25, -0.2) is 9.07 Å². The number of hydrogen-bond acceptors (Lipinski definition) is 3. The highest BCUT2D eigenvalue weighted by molar-refractivity contribution is 5.81. The first-order valence-corrected chi connectivity index (χ1v) is 10.9. The Morgan fingerprint density at radius 2 is 1.50 bits per heavy atom. The van der Waals surface area contributed by atoms with Crippen LogP contribution in [0.3, 0.4) is 0 Å². The van der Waals surface area contributed by atoms with Crippen LogP contribution in [0.2, 0.25) is 0 Å². The fourth-order valence-electron chi connectivity index (χ4n) is 3.70. The molecule has 0 saturated heterocycles. The van der Waals surface area contributed by atoms with Crippen molar-refractivity contribution >= 4 is 11.9 Å². The van der Waals surface area contributed by atoms with Gasteiger partial charge in [-0.1, -0.05) is 48.5 Å². The molecule has 0 aliphatic rings. The van der Waals surface area contributed by atoms with Crippen LogP contribution >= 0.6 is 0 Å². The largest absolute Gasteiger partial charge is 0.481 e. The van der Waals surface area contributed by atoms with Gasteiger partial charge in [0.25, 0.3) is 0 Å². The average molecular weight is 458 g/mol. The number of carboxylic acid groups (broad SMARTS) is 1. The molecule has 0 aliphatic carbocycles. The van der Waals surface area contributed by atoms with Crippen molar-refractivity contribution in [3.05, 3.63) is 108 Å². The molecule has 1 aromatic heterocycles. The molecule has 6 nitrogen and oxygen atoms in total. The zero-order valence-electron chi connectivity index (χ0n) is 18.5. The lowest BCUT2D eigenvalue weighted by Crippen LogP contribution is -2.30. The van der Waals surface area contributed by atoms with Crippen LogP contribution in [0.15, 0.2) is 91.1 Å². The predicted molar refractivity (Wildman–Crippen MR) is 127 cm³/mol. The molecule has 1 amide bonds. The average Bonchev–Trinajstić information content (AvgIpc) is 3.27. The number of aromatic nitrogens is 2. The van der Waals surface area contributed by atoms with Gasteiger partial charge in [-0.3, -0.25) is 9.59 Å². The number of carboxylic acids is 1. The van der Waals surface area contributed by atoms with E-state index in [-0.39, 0.29) is 31.1 Å². The summed E-state index contributed by atoms with van der Waals surface area (Å²) in [6.45, 7) is 0.561. The molecule has 0 spiro atoms. The van der Waals surface area contributed by atoms with Crippen LogP contribution in [0.4, 0.5) is 4.39 Å². The molecule has 4 aromatic rings. The van der Waals surface area contributed by atoms with Crippen LogP contribution in [0.5, 0.6) is 0 Å². The Hall–Kier alpha value is -4.26. The summed E-state index contributed by atoms with van der Waals surface area (Å²) in [7, 11) is 0. The lowest BCUT2D eigenvalue weighted by atomic mass is 10.1. The standard InChI is InChI=1S/C27H24FN3O3/c28-23-13-11-21(12-14-23)27-22(19-31(29-27)24-9-5-2-6-10-24)18-30(25(32)15-16-26(33)34)17-20-7-3-1-4-8-20/h1-14,19H,15-18H2,(H,33,34). The van der Waals surface area contributed by atoms with Crippen molar-refractivity contribution in [3.8, 4) is 16.9 Å². The van der Waals surface area contributed by atoms with E-state index in [4.69, 9.17) is 10.2 Å². The first kappa shape index (κ1) is 22.9. The zero-order valence-corrected chi connectivity index (χ0v) is 18.5. The fourth-order valence-corrected chi connectivity index (χ4v) is 3.70. The molecule has 1 N–H and O–H groups in total. The molecule has 0 saturated carbocycles. The van der Waals surface area contributed by atoms with Crippen LogP contribution < -0.4 is 0 Å². The number of para-hydroxylation sites is 1. The minimum absolute atomic E-state index is 0.0964. The van der Waals surface area contributed by atoms with E-state index in [0.717, 1.165) is 22.4 Å². The number of carbonyl (C=O) groups is 2. The molecule has 0 unspecified atom stereocenters. The lowest BCUT2D eigenvalue weighted by Gasteiger charge is -2.23. The second kappa shape index (κ2) is 10.6. The molecule has 0 fully saturated rings. The summed E-state index contributed by atoms with van der Waals surface area (Å²) in [5.74, 6) is -1.62. The highest BCUT2D eigenvalue weighted by Gasteiger charge is 2.20. The molecule has 4 rings (SSSR count). The number of amides is 1. The van der Waals surface area contributed by atoms with Gasteiger partial charge in [0.2, 0.25) is 5.91 Å². The van der Waals surface area contributed by atoms with E-state index in [1.165, 1.54) is 12.1 Å². The van der Waals surface area contributed by atoms with Crippen molar-refractivity contribution in [2.24, 2.45) is 0 Å². The molecule has 0 radical (unpaired) electrons. The third-order valence-electron chi connectivity index (χ3n) is 5.41. The maximum Gasteiger partial charge on any atom is 0.303 e. The number of hydrogen-bond donors (Lipinski definition) is 1. The SMILES string of the molecule is O=C(O)CCC(=O)N(Cc1ccccc1)Cc1cn(-c2ccccc2)nc1-c1ccc(F)cc1. The maximum absolute atomic E-state index is 13.6. The van der Waals surface area contributed by atoms with E-state index in [9.17, 15) is 14.0 Å². The number of benzene rings is 3. The van der Waals surface area contributed by atoms with Gasteiger partial charge in [0, 0.05) is 36.8 Å². The van der Waals surface area contributed by atoms with Gasteiger partial charge in [-0.05, 0) is 42.0 Å². The number of halogens is 1. The van der Waals surface area contributed by atoms with Crippen LogP contribution in [0.25, 0.3) is 16.9 Å². The predicted octanol–water partition coefficient (Wildman–Crippen LogP) is 5.07. The van der Waals surface area contributed by atoms with Gasteiger partial charge in [-0.15, -0.1) is 0 Å². The Morgan fingerprint density at radius 1 is 0.853 bits per heavy atom. The Balaban J connectivity index is 1.71. The second-order valence-electron chi connectivity index (χ2n) is 7.92. The van der Waals surface area contributed by atoms with Crippen LogP contribution in [0, 0.1) is 5.82 Å². The summed E-state index contributed by atoms with van der Waals surface area (Å²) >= 11 is 0. The summed E-state index contributed by atoms with van der Waals surface area (Å²) in [6, 6.07) is 25.2. The molecule has 0 aliphatic heterocycles. The number of carbonyl (C=O) groups excluding carboxylic acids is 1. The van der Waals surface area contributed by atoms with Gasteiger partial charge in [0.05, 0.1) is 17.8 Å². The zero-order chi connectivity index (χ0) is 23.9. The summed E-state index contributed by atoms with van der Waals surface area (Å²) < 4.78 is 15.3. The van der Waals surface area contributed by atoms with Gasteiger partial charge < -0.3 is 10.0 Å². The molecular weight excluding hydrogens is 433 g/mol. The van der Waals surface area contributed by atoms with Crippen LogP contribution in [0.1, 0.15) is 24.0 Å². The molecular formula is C27H24FN3O3. The Labute approximate surface area is 196 Å². The van der Waals surface area contributed by atoms with Crippen LogP contribution in [-0.2, 0) is 22.7 Å². The van der Waals surface area contributed by atoms with E-state index >= 15 is 0 Å². The molecule has 7 heteroatoms. The van der Waals surface area contributed by atoms with E-state index in [2.05, 4.69) is 0 Å². The molecule has 0 bridgehead atoms. The second-order valence-corrected chi connectivity index (χ2v) is 7.92. The Morgan fingerprint density at radius 3 is 2.15 bits per heavy atom. The molecule has 3 aromatic carbocycles. The number of nitrogens with zero attached hydrogens (tertiary/aromatic N) is 3. The maximum atomic E-state index is 13.6. The van der Waals surface area contributed by atoms with Gasteiger partial charge >= 0.3 is 5.97 Å². The van der Waals surface area contributed by atoms with Crippen molar-refractivity contribution in [2.45, 2.75) is 25.9 Å². The number of aliphatic carboxylic acids is 1. The topological polar surface area (TPSA) is 75.4 Å². The minimum atomic E-state index is -1.02. The first-order chi connectivity index (χ1) is 16.5. The summed E-state index contributed by atoms with van der Waals surface area (Å²) in [6.07, 6.45) is 1.52. The first-order valence-electron chi connectivity index (χ1n) is 10.9. The Kier molecular flexibility index (Phi) is 7.13. The quantitative estimate of drug-likeness (QED) is 0.381. The van der Waals surface area contributed by atoms with E-state index in [1.807, 2.05) is 66.9 Å². The summed E-state index contributed by atoms with van der Waals surface area (Å²) in [5.41, 5.74) is 3.92.